The second-order valence-electron chi connectivity index (χ2n) is 3.99. The van der Waals surface area contributed by atoms with Crippen LogP contribution < -0.4 is 5.32 Å². The van der Waals surface area contributed by atoms with Gasteiger partial charge in [-0.15, -0.1) is 0 Å². The molecule has 1 heterocycles. The molecule has 0 amide bonds. The predicted octanol–water partition coefficient (Wildman–Crippen LogP) is 1.33. The van der Waals surface area contributed by atoms with Crippen LogP contribution in [0.5, 0.6) is 0 Å². The fourth-order valence-corrected chi connectivity index (χ4v) is 1.40. The topological polar surface area (TPSA) is 48.4 Å². The van der Waals surface area contributed by atoms with E-state index in [1.165, 1.54) is 0 Å². The molecule has 1 unspecified atom stereocenters. The molecule has 0 saturated heterocycles. The summed E-state index contributed by atoms with van der Waals surface area (Å²) in [7, 11) is 1.99. The number of pyridine rings is 1. The zero-order valence-corrected chi connectivity index (χ0v) is 10.3. The highest BCUT2D eigenvalue weighted by Gasteiger charge is 2.08. The summed E-state index contributed by atoms with van der Waals surface area (Å²) in [4.78, 5) is 6.57. The van der Waals surface area contributed by atoms with E-state index in [-0.39, 0.29) is 12.6 Å². The lowest BCUT2D eigenvalue weighted by Crippen LogP contribution is -2.31. The Morgan fingerprint density at radius 2 is 2.25 bits per heavy atom. The summed E-state index contributed by atoms with van der Waals surface area (Å²) in [5.74, 6) is 0.907. The molecular formula is C12H21N3O. The highest BCUT2D eigenvalue weighted by Crippen LogP contribution is 2.08. The van der Waals surface area contributed by atoms with Crippen LogP contribution in [0.1, 0.15) is 19.5 Å². The van der Waals surface area contributed by atoms with Crippen LogP contribution in [0.3, 0.4) is 0 Å². The largest absolute Gasteiger partial charge is 0.395 e. The van der Waals surface area contributed by atoms with Crippen molar-refractivity contribution in [2.45, 2.75) is 26.4 Å². The molecule has 1 atom stereocenters. The molecule has 0 fully saturated rings. The first-order valence-electron chi connectivity index (χ1n) is 5.68. The minimum atomic E-state index is 0.157. The van der Waals surface area contributed by atoms with E-state index in [1.807, 2.05) is 39.1 Å². The maximum absolute atomic E-state index is 9.05. The van der Waals surface area contributed by atoms with E-state index in [4.69, 9.17) is 5.11 Å². The van der Waals surface area contributed by atoms with Gasteiger partial charge >= 0.3 is 0 Å². The Hall–Kier alpha value is -1.13. The second-order valence-corrected chi connectivity index (χ2v) is 3.99. The molecule has 0 aliphatic heterocycles. The predicted molar refractivity (Wildman–Crippen MR) is 66.4 cm³/mol. The fourth-order valence-electron chi connectivity index (χ4n) is 1.40. The summed E-state index contributed by atoms with van der Waals surface area (Å²) in [5.41, 5.74) is 1.02. The van der Waals surface area contributed by atoms with Crippen LogP contribution >= 0.6 is 0 Å². The van der Waals surface area contributed by atoms with E-state index in [2.05, 4.69) is 15.2 Å². The third kappa shape index (κ3) is 3.79. The minimum absolute atomic E-state index is 0.157. The first kappa shape index (κ1) is 12.9. The molecule has 1 aromatic rings. The summed E-state index contributed by atoms with van der Waals surface area (Å²) in [6, 6.07) is 6.12. The summed E-state index contributed by atoms with van der Waals surface area (Å²) in [6.45, 7) is 5.84. The molecule has 1 aromatic heterocycles. The van der Waals surface area contributed by atoms with Crippen LogP contribution in [0.4, 0.5) is 5.82 Å². The van der Waals surface area contributed by atoms with E-state index < -0.39 is 0 Å². The van der Waals surface area contributed by atoms with E-state index >= 15 is 0 Å². The van der Waals surface area contributed by atoms with Gasteiger partial charge in [0, 0.05) is 19.1 Å². The number of hydrogen-bond donors (Lipinski definition) is 2. The van der Waals surface area contributed by atoms with Crippen LogP contribution in [0.25, 0.3) is 0 Å². The number of anilines is 1. The number of nitrogens with zero attached hydrogens (tertiary/aromatic N) is 2. The van der Waals surface area contributed by atoms with Crippen molar-refractivity contribution in [3.63, 3.8) is 0 Å². The lowest BCUT2D eigenvalue weighted by atomic mass is 10.2. The average Bonchev–Trinajstić information content (AvgIpc) is 2.29. The SMILES string of the molecule is CCNc1cccc(CN(C)C(C)CO)n1. The van der Waals surface area contributed by atoms with Gasteiger partial charge in [0.05, 0.1) is 12.3 Å². The monoisotopic (exact) mass is 223 g/mol. The Labute approximate surface area is 97.3 Å². The molecule has 90 valence electrons. The van der Waals surface area contributed by atoms with E-state index in [9.17, 15) is 0 Å². The van der Waals surface area contributed by atoms with Gasteiger partial charge in [0.2, 0.25) is 0 Å². The van der Waals surface area contributed by atoms with Gasteiger partial charge in [0.1, 0.15) is 5.82 Å². The molecule has 0 saturated carbocycles. The Balaban J connectivity index is 2.62. The van der Waals surface area contributed by atoms with Gasteiger partial charge in [-0.25, -0.2) is 4.98 Å². The number of likely N-dealkylation sites (N-methyl/N-ethyl adjacent to an activating group) is 1. The van der Waals surface area contributed by atoms with E-state index in [0.717, 1.165) is 24.6 Å². The number of aliphatic hydroxyl groups is 1. The fraction of sp³-hybridized carbons (Fsp3) is 0.583. The standard InChI is InChI=1S/C12H21N3O/c1-4-13-12-7-5-6-11(14-12)8-15(3)10(2)9-16/h5-7,10,16H,4,8-9H2,1-3H3,(H,13,14). The highest BCUT2D eigenvalue weighted by atomic mass is 16.3. The van der Waals surface area contributed by atoms with Gasteiger partial charge < -0.3 is 10.4 Å². The zero-order chi connectivity index (χ0) is 12.0. The van der Waals surface area contributed by atoms with Crippen molar-refractivity contribution in [3.8, 4) is 0 Å². The van der Waals surface area contributed by atoms with Crippen LogP contribution in [-0.2, 0) is 6.54 Å². The molecule has 1 rings (SSSR count). The number of rotatable bonds is 6. The molecule has 0 spiro atoms. The van der Waals surface area contributed by atoms with Crippen molar-refractivity contribution in [3.05, 3.63) is 23.9 Å². The van der Waals surface area contributed by atoms with Gasteiger partial charge in [-0.2, -0.15) is 0 Å². The molecule has 4 nitrogen and oxygen atoms in total. The van der Waals surface area contributed by atoms with Crippen LogP contribution in [0, 0.1) is 0 Å². The quantitative estimate of drug-likeness (QED) is 0.764. The maximum atomic E-state index is 9.05. The van der Waals surface area contributed by atoms with Crippen LogP contribution in [-0.4, -0.2) is 41.2 Å². The van der Waals surface area contributed by atoms with Gasteiger partial charge in [0.25, 0.3) is 0 Å². The van der Waals surface area contributed by atoms with Crippen molar-refractivity contribution in [2.75, 3.05) is 25.5 Å². The first-order valence-corrected chi connectivity index (χ1v) is 5.68. The van der Waals surface area contributed by atoms with Crippen molar-refractivity contribution in [1.82, 2.24) is 9.88 Å². The van der Waals surface area contributed by atoms with Crippen molar-refractivity contribution < 1.29 is 5.11 Å². The Bertz CT molecular complexity index is 317. The van der Waals surface area contributed by atoms with Crippen molar-refractivity contribution in [1.29, 1.82) is 0 Å². The molecule has 0 aliphatic rings. The third-order valence-corrected chi connectivity index (χ3v) is 2.59. The normalized spacial score (nSPS) is 12.8. The van der Waals surface area contributed by atoms with E-state index in [0.29, 0.717) is 0 Å². The van der Waals surface area contributed by atoms with Gasteiger partial charge in [-0.05, 0) is 33.0 Å². The highest BCUT2D eigenvalue weighted by molar-refractivity contribution is 5.34. The smallest absolute Gasteiger partial charge is 0.126 e. The lowest BCUT2D eigenvalue weighted by Gasteiger charge is -2.22. The molecule has 0 aromatic carbocycles. The molecule has 0 aliphatic carbocycles. The minimum Gasteiger partial charge on any atom is -0.395 e. The first-order chi connectivity index (χ1) is 7.67. The number of hydrogen-bond acceptors (Lipinski definition) is 4. The molecule has 4 heteroatoms. The van der Waals surface area contributed by atoms with Crippen molar-refractivity contribution in [2.24, 2.45) is 0 Å². The van der Waals surface area contributed by atoms with Gasteiger partial charge in [-0.1, -0.05) is 6.07 Å². The summed E-state index contributed by atoms with van der Waals surface area (Å²) >= 11 is 0. The molecule has 16 heavy (non-hydrogen) atoms. The zero-order valence-electron chi connectivity index (χ0n) is 10.3. The number of nitrogens with one attached hydrogen (secondary N) is 1. The molecular weight excluding hydrogens is 202 g/mol. The van der Waals surface area contributed by atoms with Crippen LogP contribution in [0.2, 0.25) is 0 Å². The molecule has 0 bridgehead atoms. The number of aliphatic hydroxyl groups excluding tert-OH is 1. The average molecular weight is 223 g/mol. The Kier molecular flexibility index (Phi) is 5.22. The van der Waals surface area contributed by atoms with Crippen LogP contribution in [0.15, 0.2) is 18.2 Å². The third-order valence-electron chi connectivity index (χ3n) is 2.59. The molecule has 2 N–H and O–H groups in total. The van der Waals surface area contributed by atoms with Crippen molar-refractivity contribution >= 4 is 5.82 Å². The maximum Gasteiger partial charge on any atom is 0.126 e. The Morgan fingerprint density at radius 1 is 1.50 bits per heavy atom. The lowest BCUT2D eigenvalue weighted by molar-refractivity contribution is 0.153. The van der Waals surface area contributed by atoms with Gasteiger partial charge in [0.15, 0.2) is 0 Å². The van der Waals surface area contributed by atoms with Gasteiger partial charge in [-0.3, -0.25) is 4.90 Å². The Morgan fingerprint density at radius 3 is 2.88 bits per heavy atom. The second kappa shape index (κ2) is 6.45. The van der Waals surface area contributed by atoms with E-state index in [1.54, 1.807) is 0 Å². The summed E-state index contributed by atoms with van der Waals surface area (Å²) < 4.78 is 0. The number of aromatic nitrogens is 1. The molecule has 0 radical (unpaired) electrons. The summed E-state index contributed by atoms with van der Waals surface area (Å²) in [6.07, 6.45) is 0. The summed E-state index contributed by atoms with van der Waals surface area (Å²) in [5, 5.41) is 12.2.